The molecule has 2 fully saturated rings. The molecule has 1 spiro atoms. The third kappa shape index (κ3) is 1.81. The highest BCUT2D eigenvalue weighted by Crippen LogP contribution is 2.40. The molecule has 15 heavy (non-hydrogen) atoms. The van der Waals surface area contributed by atoms with E-state index in [0.29, 0.717) is 25.0 Å². The van der Waals surface area contributed by atoms with Crippen molar-refractivity contribution in [1.29, 1.82) is 0 Å². The van der Waals surface area contributed by atoms with E-state index in [4.69, 9.17) is 0 Å². The van der Waals surface area contributed by atoms with Crippen LogP contribution in [0.5, 0.6) is 0 Å². The summed E-state index contributed by atoms with van der Waals surface area (Å²) >= 11 is -1.18. The minimum Gasteiger partial charge on any atom is -0.615 e. The standard InChI is InChI=1S/C9H17NO3S2/c1-10-5-3-9(4-6-10)14(11)7-2-8-15(9,12)13/h2-8H2,1H3. The molecule has 0 aromatic carbocycles. The van der Waals surface area contributed by atoms with Crippen molar-refractivity contribution in [2.24, 2.45) is 0 Å². The fraction of sp³-hybridized carbons (Fsp3) is 1.00. The van der Waals surface area contributed by atoms with E-state index in [0.717, 1.165) is 13.1 Å². The van der Waals surface area contributed by atoms with Crippen LogP contribution in [0.25, 0.3) is 0 Å². The van der Waals surface area contributed by atoms with Crippen LogP contribution >= 0.6 is 0 Å². The molecule has 2 heterocycles. The van der Waals surface area contributed by atoms with Crippen molar-refractivity contribution in [1.82, 2.24) is 4.90 Å². The number of sulfone groups is 1. The molecule has 0 radical (unpaired) electrons. The lowest BCUT2D eigenvalue weighted by molar-refractivity contribution is 0.261. The van der Waals surface area contributed by atoms with E-state index in [-0.39, 0.29) is 5.75 Å². The molecule has 2 aliphatic rings. The van der Waals surface area contributed by atoms with E-state index in [1.165, 1.54) is 0 Å². The van der Waals surface area contributed by atoms with Crippen LogP contribution in [0.4, 0.5) is 0 Å². The summed E-state index contributed by atoms with van der Waals surface area (Å²) in [4.78, 5) is 2.10. The lowest BCUT2D eigenvalue weighted by atomic mass is 10.1. The smallest absolute Gasteiger partial charge is 0.226 e. The van der Waals surface area contributed by atoms with E-state index in [2.05, 4.69) is 4.90 Å². The molecule has 0 aromatic rings. The molecule has 0 bridgehead atoms. The van der Waals surface area contributed by atoms with Crippen LogP contribution in [0.15, 0.2) is 0 Å². The average Bonchev–Trinajstić information content (AvgIpc) is 2.16. The first-order chi connectivity index (χ1) is 6.98. The third-order valence-corrected chi connectivity index (χ3v) is 9.06. The topological polar surface area (TPSA) is 60.4 Å². The minimum absolute atomic E-state index is 0.225. The van der Waals surface area contributed by atoms with Crippen molar-refractivity contribution in [3.05, 3.63) is 0 Å². The SMILES string of the molecule is CN1CCC2(CC1)[S+]([O-])CCCS2(=O)=O. The summed E-state index contributed by atoms with van der Waals surface area (Å²) in [6, 6.07) is 0. The molecular formula is C9H17NO3S2. The summed E-state index contributed by atoms with van der Waals surface area (Å²) in [6.07, 6.45) is 1.64. The number of likely N-dealkylation sites (tertiary alicyclic amines) is 1. The van der Waals surface area contributed by atoms with Gasteiger partial charge in [-0.3, -0.25) is 0 Å². The fourth-order valence-electron chi connectivity index (χ4n) is 2.39. The highest BCUT2D eigenvalue weighted by molar-refractivity contribution is 8.10. The van der Waals surface area contributed by atoms with Crippen LogP contribution in [0, 0.1) is 0 Å². The normalized spacial score (nSPS) is 35.5. The number of hydrogen-bond donors (Lipinski definition) is 0. The van der Waals surface area contributed by atoms with Gasteiger partial charge in [0, 0.05) is 32.4 Å². The van der Waals surface area contributed by atoms with Crippen LogP contribution < -0.4 is 0 Å². The van der Waals surface area contributed by atoms with Crippen molar-refractivity contribution in [3.63, 3.8) is 0 Å². The largest absolute Gasteiger partial charge is 0.615 e. The fourth-order valence-corrected chi connectivity index (χ4v) is 7.32. The van der Waals surface area contributed by atoms with Crippen molar-refractivity contribution in [3.8, 4) is 0 Å². The Bertz CT molecular complexity index is 333. The second kappa shape index (κ2) is 3.91. The summed E-state index contributed by atoms with van der Waals surface area (Å²) in [5.74, 6) is 0.783. The Morgan fingerprint density at radius 2 is 1.93 bits per heavy atom. The molecule has 0 saturated carbocycles. The van der Waals surface area contributed by atoms with Gasteiger partial charge in [-0.2, -0.15) is 0 Å². The Morgan fingerprint density at radius 3 is 2.47 bits per heavy atom. The molecule has 2 aliphatic heterocycles. The molecule has 0 aromatic heterocycles. The van der Waals surface area contributed by atoms with Gasteiger partial charge in [-0.25, -0.2) is 8.42 Å². The molecule has 2 rings (SSSR count). The number of hydrogen-bond acceptors (Lipinski definition) is 4. The third-order valence-electron chi connectivity index (χ3n) is 3.47. The van der Waals surface area contributed by atoms with Gasteiger partial charge in [-0.05, 0) is 18.2 Å². The number of rotatable bonds is 0. The van der Waals surface area contributed by atoms with Crippen molar-refractivity contribution < 1.29 is 13.0 Å². The first-order valence-corrected chi connectivity index (χ1v) is 8.24. The quantitative estimate of drug-likeness (QED) is 0.568. The Hall–Kier alpha value is 0.220. The second-order valence-corrected chi connectivity index (χ2v) is 8.99. The van der Waals surface area contributed by atoms with Crippen LogP contribution in [-0.4, -0.2) is 53.6 Å². The van der Waals surface area contributed by atoms with Crippen molar-refractivity contribution in [2.75, 3.05) is 31.6 Å². The van der Waals surface area contributed by atoms with Gasteiger partial charge in [-0.15, -0.1) is 0 Å². The van der Waals surface area contributed by atoms with Crippen LogP contribution in [0.2, 0.25) is 0 Å². The van der Waals surface area contributed by atoms with Crippen molar-refractivity contribution in [2.45, 2.75) is 23.3 Å². The first kappa shape index (κ1) is 11.7. The predicted octanol–water partition coefficient (Wildman–Crippen LogP) is -0.0245. The average molecular weight is 251 g/mol. The summed E-state index contributed by atoms with van der Waals surface area (Å²) in [5, 5.41) is 0. The summed E-state index contributed by atoms with van der Waals surface area (Å²) in [5.41, 5.74) is 0. The molecule has 1 atom stereocenters. The Morgan fingerprint density at radius 1 is 1.33 bits per heavy atom. The van der Waals surface area contributed by atoms with Gasteiger partial charge in [0.05, 0.1) is 5.75 Å². The molecule has 2 saturated heterocycles. The van der Waals surface area contributed by atoms with E-state index in [9.17, 15) is 13.0 Å². The predicted molar refractivity (Wildman–Crippen MR) is 60.9 cm³/mol. The van der Waals surface area contributed by atoms with E-state index >= 15 is 0 Å². The maximum atomic E-state index is 12.1. The zero-order valence-electron chi connectivity index (χ0n) is 8.94. The van der Waals surface area contributed by atoms with Crippen LogP contribution in [0.1, 0.15) is 19.3 Å². The molecule has 88 valence electrons. The van der Waals surface area contributed by atoms with Gasteiger partial charge in [0.2, 0.25) is 13.9 Å². The second-order valence-electron chi connectivity index (χ2n) is 4.44. The highest BCUT2D eigenvalue weighted by atomic mass is 32.3. The summed E-state index contributed by atoms with van der Waals surface area (Å²) < 4.78 is 35.2. The maximum Gasteiger partial charge on any atom is 0.226 e. The van der Waals surface area contributed by atoms with Gasteiger partial charge in [0.25, 0.3) is 0 Å². The minimum atomic E-state index is -3.15. The van der Waals surface area contributed by atoms with Crippen LogP contribution in [0.3, 0.4) is 0 Å². The molecule has 1 unspecified atom stereocenters. The van der Waals surface area contributed by atoms with E-state index in [1.54, 1.807) is 0 Å². The maximum absolute atomic E-state index is 12.1. The first-order valence-electron chi connectivity index (χ1n) is 5.27. The number of piperidine rings is 1. The lowest BCUT2D eigenvalue weighted by Crippen LogP contribution is -2.57. The summed E-state index contributed by atoms with van der Waals surface area (Å²) in [6.45, 7) is 1.48. The number of nitrogens with zero attached hydrogens (tertiary/aromatic N) is 1. The highest BCUT2D eigenvalue weighted by Gasteiger charge is 2.56. The molecule has 0 aliphatic carbocycles. The van der Waals surface area contributed by atoms with Crippen molar-refractivity contribution >= 4 is 21.0 Å². The Balaban J connectivity index is 2.30. The van der Waals surface area contributed by atoms with Gasteiger partial charge < -0.3 is 9.45 Å². The van der Waals surface area contributed by atoms with Gasteiger partial charge in [0.15, 0.2) is 0 Å². The zero-order valence-corrected chi connectivity index (χ0v) is 10.6. The van der Waals surface area contributed by atoms with Gasteiger partial charge >= 0.3 is 0 Å². The van der Waals surface area contributed by atoms with E-state index < -0.39 is 25.1 Å². The van der Waals surface area contributed by atoms with E-state index in [1.807, 2.05) is 7.05 Å². The molecule has 6 heteroatoms. The monoisotopic (exact) mass is 251 g/mol. The zero-order chi connectivity index (χ0) is 11.1. The molecule has 0 N–H and O–H groups in total. The Labute approximate surface area is 94.1 Å². The molecule has 4 nitrogen and oxygen atoms in total. The van der Waals surface area contributed by atoms with Gasteiger partial charge in [-0.1, -0.05) is 0 Å². The lowest BCUT2D eigenvalue weighted by Gasteiger charge is -2.42. The Kier molecular flexibility index (Phi) is 3.05. The summed E-state index contributed by atoms with van der Waals surface area (Å²) in [7, 11) is -1.17. The molecule has 0 amide bonds. The van der Waals surface area contributed by atoms with Crippen LogP contribution in [-0.2, 0) is 21.0 Å². The van der Waals surface area contributed by atoms with Gasteiger partial charge in [0.1, 0.15) is 5.75 Å². The molecular weight excluding hydrogens is 234 g/mol.